The van der Waals surface area contributed by atoms with Crippen LogP contribution in [0.25, 0.3) is 0 Å². The van der Waals surface area contributed by atoms with Gasteiger partial charge in [0.2, 0.25) is 0 Å². The molecule has 0 bridgehead atoms. The lowest BCUT2D eigenvalue weighted by molar-refractivity contribution is -0.108. The van der Waals surface area contributed by atoms with Gasteiger partial charge >= 0.3 is 6.09 Å². The normalized spacial score (nSPS) is 20.5. The summed E-state index contributed by atoms with van der Waals surface area (Å²) in [6.07, 6.45) is 2.79. The van der Waals surface area contributed by atoms with E-state index in [1.54, 1.807) is 7.05 Å². The molecule has 20 heavy (non-hydrogen) atoms. The lowest BCUT2D eigenvalue weighted by Crippen LogP contribution is -2.40. The Bertz CT molecular complexity index is 532. The van der Waals surface area contributed by atoms with Crippen molar-refractivity contribution < 1.29 is 14.7 Å². The van der Waals surface area contributed by atoms with Gasteiger partial charge in [0.05, 0.1) is 0 Å². The summed E-state index contributed by atoms with van der Waals surface area (Å²) in [6, 6.07) is 5.76. The highest BCUT2D eigenvalue weighted by molar-refractivity contribution is 6.30. The average molecular weight is 296 g/mol. The minimum absolute atomic E-state index is 0.270. The van der Waals surface area contributed by atoms with E-state index in [1.165, 1.54) is 10.5 Å². The fourth-order valence-corrected chi connectivity index (χ4v) is 3.35. The molecule has 0 spiro atoms. The number of rotatable bonds is 5. The molecule has 0 aliphatic heterocycles. The summed E-state index contributed by atoms with van der Waals surface area (Å²) in [5.41, 5.74) is 2.03. The molecule has 1 atom stereocenters. The Kier molecular flexibility index (Phi) is 4.33. The number of halogens is 1. The Balaban J connectivity index is 2.35. The predicted molar refractivity (Wildman–Crippen MR) is 77.4 cm³/mol. The molecule has 1 N–H and O–H groups in total. The lowest BCUT2D eigenvalue weighted by atomic mass is 9.77. The third-order valence-electron chi connectivity index (χ3n) is 4.12. The van der Waals surface area contributed by atoms with Crippen molar-refractivity contribution in [3.63, 3.8) is 0 Å². The maximum atomic E-state index is 11.1. The van der Waals surface area contributed by atoms with Crippen LogP contribution in [0.1, 0.15) is 30.4 Å². The summed E-state index contributed by atoms with van der Waals surface area (Å²) >= 11 is 6.02. The van der Waals surface area contributed by atoms with Gasteiger partial charge in [-0.1, -0.05) is 17.7 Å². The number of hydrogen-bond donors (Lipinski definition) is 1. The molecule has 1 aliphatic rings. The molecule has 5 heteroatoms. The van der Waals surface area contributed by atoms with Crippen molar-refractivity contribution >= 4 is 24.0 Å². The molecule has 1 aromatic rings. The third kappa shape index (κ3) is 2.80. The van der Waals surface area contributed by atoms with E-state index >= 15 is 0 Å². The summed E-state index contributed by atoms with van der Waals surface area (Å²) in [6.45, 7) is 0.408. The Morgan fingerprint density at radius 2 is 2.30 bits per heavy atom. The standard InChI is InChI=1S/C15H18ClNO3/c1-17(14(19)20)10-15(6-2-8-18)7-5-11-9-12(16)3-4-13(11)15/h3-4,8-9H,2,5-7,10H2,1H3,(H,19,20). The summed E-state index contributed by atoms with van der Waals surface area (Å²) in [5.74, 6) is 0. The minimum Gasteiger partial charge on any atom is -0.465 e. The fraction of sp³-hybridized carbons (Fsp3) is 0.467. The number of hydrogen-bond acceptors (Lipinski definition) is 2. The molecule has 1 unspecified atom stereocenters. The summed E-state index contributed by atoms with van der Waals surface area (Å²) in [7, 11) is 1.57. The van der Waals surface area contributed by atoms with Crippen LogP contribution in [-0.2, 0) is 16.6 Å². The molecule has 0 heterocycles. The van der Waals surface area contributed by atoms with Gasteiger partial charge in [0.25, 0.3) is 0 Å². The molecule has 0 saturated heterocycles. The van der Waals surface area contributed by atoms with Crippen LogP contribution in [0.15, 0.2) is 18.2 Å². The van der Waals surface area contributed by atoms with Crippen LogP contribution in [0.3, 0.4) is 0 Å². The van der Waals surface area contributed by atoms with Gasteiger partial charge in [0, 0.05) is 30.5 Å². The Morgan fingerprint density at radius 3 is 2.95 bits per heavy atom. The number of carbonyl (C=O) groups excluding carboxylic acids is 1. The van der Waals surface area contributed by atoms with E-state index in [0.29, 0.717) is 24.4 Å². The minimum atomic E-state index is -0.946. The molecule has 0 fully saturated rings. The average Bonchev–Trinajstić information content (AvgIpc) is 2.75. The molecule has 108 valence electrons. The number of aldehydes is 1. The van der Waals surface area contributed by atoms with Gasteiger partial charge in [-0.15, -0.1) is 0 Å². The first-order valence-corrected chi connectivity index (χ1v) is 7.03. The van der Waals surface area contributed by atoms with Crippen molar-refractivity contribution in [1.82, 2.24) is 4.90 Å². The zero-order valence-corrected chi connectivity index (χ0v) is 12.2. The van der Waals surface area contributed by atoms with E-state index in [9.17, 15) is 9.59 Å². The van der Waals surface area contributed by atoms with Gasteiger partial charge in [-0.3, -0.25) is 0 Å². The van der Waals surface area contributed by atoms with E-state index in [4.69, 9.17) is 16.7 Å². The zero-order valence-electron chi connectivity index (χ0n) is 11.4. The highest BCUT2D eigenvalue weighted by Gasteiger charge is 2.39. The maximum absolute atomic E-state index is 11.1. The van der Waals surface area contributed by atoms with Crippen molar-refractivity contribution in [3.05, 3.63) is 34.3 Å². The Morgan fingerprint density at radius 1 is 1.55 bits per heavy atom. The van der Waals surface area contributed by atoms with Gasteiger partial charge < -0.3 is 14.8 Å². The van der Waals surface area contributed by atoms with Crippen LogP contribution in [0.4, 0.5) is 4.79 Å². The van der Waals surface area contributed by atoms with E-state index < -0.39 is 6.09 Å². The van der Waals surface area contributed by atoms with E-state index in [1.807, 2.05) is 18.2 Å². The Labute approximate surface area is 123 Å². The molecule has 0 saturated carbocycles. The molecule has 1 aromatic carbocycles. The summed E-state index contributed by atoms with van der Waals surface area (Å²) < 4.78 is 0. The second-order valence-corrected chi connectivity index (χ2v) is 5.86. The highest BCUT2D eigenvalue weighted by Crippen LogP contribution is 2.43. The van der Waals surface area contributed by atoms with E-state index in [0.717, 1.165) is 24.7 Å². The van der Waals surface area contributed by atoms with Gasteiger partial charge in [-0.05, 0) is 42.5 Å². The summed E-state index contributed by atoms with van der Waals surface area (Å²) in [5, 5.41) is 9.81. The van der Waals surface area contributed by atoms with Crippen molar-refractivity contribution in [1.29, 1.82) is 0 Å². The number of nitrogens with zero attached hydrogens (tertiary/aromatic N) is 1. The van der Waals surface area contributed by atoms with Gasteiger partial charge in [-0.2, -0.15) is 0 Å². The molecule has 0 aromatic heterocycles. The number of carboxylic acid groups (broad SMARTS) is 1. The van der Waals surface area contributed by atoms with Crippen LogP contribution < -0.4 is 0 Å². The molecule has 1 aliphatic carbocycles. The maximum Gasteiger partial charge on any atom is 0.407 e. The SMILES string of the molecule is CN(CC1(CCC=O)CCc2cc(Cl)ccc21)C(=O)O. The number of aryl methyl sites for hydroxylation is 1. The van der Waals surface area contributed by atoms with Gasteiger partial charge in [0.1, 0.15) is 6.29 Å². The number of benzene rings is 1. The van der Waals surface area contributed by atoms with Crippen molar-refractivity contribution in [2.75, 3.05) is 13.6 Å². The van der Waals surface area contributed by atoms with Crippen molar-refractivity contribution in [2.45, 2.75) is 31.1 Å². The highest BCUT2D eigenvalue weighted by atomic mass is 35.5. The second kappa shape index (κ2) is 5.83. The first-order chi connectivity index (χ1) is 9.48. The van der Waals surface area contributed by atoms with E-state index in [-0.39, 0.29) is 5.41 Å². The monoisotopic (exact) mass is 295 g/mol. The molecule has 2 rings (SSSR count). The first-order valence-electron chi connectivity index (χ1n) is 6.65. The third-order valence-corrected chi connectivity index (χ3v) is 4.35. The smallest absolute Gasteiger partial charge is 0.407 e. The van der Waals surface area contributed by atoms with Gasteiger partial charge in [-0.25, -0.2) is 4.79 Å². The number of fused-ring (bicyclic) bond motifs is 1. The molecular weight excluding hydrogens is 278 g/mol. The van der Waals surface area contributed by atoms with Crippen LogP contribution >= 0.6 is 11.6 Å². The molecule has 1 amide bonds. The molecule has 4 nitrogen and oxygen atoms in total. The lowest BCUT2D eigenvalue weighted by Gasteiger charge is -2.33. The quantitative estimate of drug-likeness (QED) is 0.849. The molecule has 0 radical (unpaired) electrons. The largest absolute Gasteiger partial charge is 0.465 e. The van der Waals surface area contributed by atoms with Crippen molar-refractivity contribution in [2.24, 2.45) is 0 Å². The number of amides is 1. The topological polar surface area (TPSA) is 57.6 Å². The fourth-order valence-electron chi connectivity index (χ4n) is 3.15. The van der Waals surface area contributed by atoms with Crippen LogP contribution in [0, 0.1) is 0 Å². The number of carbonyl (C=O) groups is 2. The predicted octanol–water partition coefficient (Wildman–Crippen LogP) is 3.11. The zero-order chi connectivity index (χ0) is 14.8. The number of likely N-dealkylation sites (N-methyl/N-ethyl adjacent to an activating group) is 1. The summed E-state index contributed by atoms with van der Waals surface area (Å²) in [4.78, 5) is 23.1. The second-order valence-electron chi connectivity index (χ2n) is 5.43. The van der Waals surface area contributed by atoms with Crippen LogP contribution in [0.2, 0.25) is 5.02 Å². The van der Waals surface area contributed by atoms with Gasteiger partial charge in [0.15, 0.2) is 0 Å². The van der Waals surface area contributed by atoms with Crippen LogP contribution in [-0.4, -0.2) is 36.0 Å². The first kappa shape index (κ1) is 14.9. The van der Waals surface area contributed by atoms with Crippen molar-refractivity contribution in [3.8, 4) is 0 Å². The van der Waals surface area contributed by atoms with E-state index in [2.05, 4.69) is 0 Å². The van der Waals surface area contributed by atoms with Crippen LogP contribution in [0.5, 0.6) is 0 Å². The Hall–Kier alpha value is -1.55. The molecular formula is C15H18ClNO3.